The Bertz CT molecular complexity index is 1230. The predicted octanol–water partition coefficient (Wildman–Crippen LogP) is 5.44. The quantitative estimate of drug-likeness (QED) is 0.426. The third-order valence-electron chi connectivity index (χ3n) is 5.36. The van der Waals surface area contributed by atoms with Crippen LogP contribution in [0.25, 0.3) is 11.0 Å². The molecule has 31 heavy (non-hydrogen) atoms. The van der Waals surface area contributed by atoms with Crippen molar-refractivity contribution in [1.82, 2.24) is 15.0 Å². The number of nitrogens with zero attached hydrogens (tertiary/aromatic N) is 3. The first-order valence-electron chi connectivity index (χ1n) is 10.2. The van der Waals surface area contributed by atoms with Crippen LogP contribution in [-0.4, -0.2) is 33.8 Å². The van der Waals surface area contributed by atoms with Gasteiger partial charge in [0.1, 0.15) is 29.3 Å². The van der Waals surface area contributed by atoms with Gasteiger partial charge >= 0.3 is 0 Å². The van der Waals surface area contributed by atoms with Gasteiger partial charge in [0, 0.05) is 30.9 Å². The lowest BCUT2D eigenvalue weighted by atomic mass is 10.0. The number of benzene rings is 2. The van der Waals surface area contributed by atoms with Crippen LogP contribution in [0.1, 0.15) is 28.8 Å². The fraction of sp³-hybridized carbons (Fsp3) is 0.167. The molecule has 6 nitrogen and oxygen atoms in total. The molecule has 2 aromatic carbocycles. The van der Waals surface area contributed by atoms with E-state index in [0.717, 1.165) is 37.1 Å². The van der Waals surface area contributed by atoms with Gasteiger partial charge in [-0.2, -0.15) is 0 Å². The Kier molecular flexibility index (Phi) is 5.30. The summed E-state index contributed by atoms with van der Waals surface area (Å²) in [7, 11) is 0. The van der Waals surface area contributed by atoms with Crippen LogP contribution in [0.15, 0.2) is 61.1 Å². The van der Waals surface area contributed by atoms with Crippen LogP contribution < -0.4 is 9.64 Å². The van der Waals surface area contributed by atoms with Crippen LogP contribution in [0, 0.1) is 6.42 Å². The van der Waals surface area contributed by atoms with E-state index in [2.05, 4.69) is 26.3 Å². The number of ether oxygens (including phenoxy) is 1. The van der Waals surface area contributed by atoms with E-state index in [9.17, 15) is 4.79 Å². The second kappa shape index (κ2) is 8.40. The van der Waals surface area contributed by atoms with Crippen LogP contribution in [0.3, 0.4) is 0 Å². The number of fused-ring (bicyclic) bond motifs is 1. The fourth-order valence-corrected chi connectivity index (χ4v) is 4.10. The number of H-pyrrole nitrogens is 1. The minimum atomic E-state index is -0.179. The Morgan fingerprint density at radius 1 is 1.00 bits per heavy atom. The van der Waals surface area contributed by atoms with E-state index < -0.39 is 0 Å². The van der Waals surface area contributed by atoms with Gasteiger partial charge in [0.2, 0.25) is 0 Å². The van der Waals surface area contributed by atoms with Crippen molar-refractivity contribution in [3.63, 3.8) is 0 Å². The molecule has 0 amide bonds. The van der Waals surface area contributed by atoms with Crippen molar-refractivity contribution in [2.45, 2.75) is 12.8 Å². The van der Waals surface area contributed by atoms with Crippen LogP contribution >= 0.6 is 11.6 Å². The van der Waals surface area contributed by atoms with Crippen LogP contribution in [0.2, 0.25) is 5.02 Å². The molecule has 0 atom stereocenters. The highest BCUT2D eigenvalue weighted by Gasteiger charge is 2.23. The third-order valence-corrected chi connectivity index (χ3v) is 5.68. The number of rotatable bonds is 5. The first kappa shape index (κ1) is 19.6. The predicted molar refractivity (Wildman–Crippen MR) is 121 cm³/mol. The van der Waals surface area contributed by atoms with Crippen LogP contribution in [0.4, 0.5) is 5.82 Å². The van der Waals surface area contributed by atoms with Crippen LogP contribution in [-0.2, 0) is 0 Å². The maximum absolute atomic E-state index is 13.4. The molecular weight excluding hydrogens is 412 g/mol. The molecule has 0 spiro atoms. The van der Waals surface area contributed by atoms with E-state index in [1.807, 2.05) is 30.3 Å². The van der Waals surface area contributed by atoms with Gasteiger partial charge in [0.25, 0.3) is 0 Å². The van der Waals surface area contributed by atoms with Crippen molar-refractivity contribution in [3.8, 4) is 11.5 Å². The molecule has 0 bridgehead atoms. The summed E-state index contributed by atoms with van der Waals surface area (Å²) in [6, 6.07) is 14.5. The number of carbonyl (C=O) groups is 1. The molecule has 0 unspecified atom stereocenters. The Morgan fingerprint density at radius 3 is 2.58 bits per heavy atom. The van der Waals surface area contributed by atoms with Crippen molar-refractivity contribution in [2.24, 2.45) is 0 Å². The molecule has 0 saturated carbocycles. The normalized spacial score (nSPS) is 14.0. The largest absolute Gasteiger partial charge is 0.457 e. The van der Waals surface area contributed by atoms with E-state index in [0.29, 0.717) is 33.3 Å². The Morgan fingerprint density at radius 2 is 1.81 bits per heavy atom. The molecular formula is C24H20ClN4O2. The lowest BCUT2D eigenvalue weighted by molar-refractivity contribution is 0.104. The maximum Gasteiger partial charge on any atom is 0.196 e. The van der Waals surface area contributed by atoms with E-state index in [1.165, 1.54) is 6.33 Å². The minimum Gasteiger partial charge on any atom is -0.457 e. The van der Waals surface area contributed by atoms with Gasteiger partial charge in [-0.25, -0.2) is 9.97 Å². The summed E-state index contributed by atoms with van der Waals surface area (Å²) in [5, 5.41) is 1.06. The number of ketones is 1. The first-order valence-corrected chi connectivity index (χ1v) is 10.5. The molecule has 1 radical (unpaired) electrons. The summed E-state index contributed by atoms with van der Waals surface area (Å²) in [5.74, 6) is 1.88. The monoisotopic (exact) mass is 431 g/mol. The SMILES string of the molecule is O=C(c1ccc(Oc2ccccc2)cc1Cl)c1c[nH]c2ncnc(N3CC[CH]CC3)c12. The standard InChI is InChI=1S/C24H20ClN4O2/c25-20-13-17(31-16-7-3-1-4-8-16)9-10-18(20)22(30)19-14-26-23-21(19)24(28-15-27-23)29-11-5-2-6-12-29/h1-4,7-10,13-15H,5-6,11-12H2,(H,26,27,28). The maximum atomic E-state index is 13.4. The van der Waals surface area contributed by atoms with Gasteiger partial charge < -0.3 is 14.6 Å². The summed E-state index contributed by atoms with van der Waals surface area (Å²) < 4.78 is 5.82. The van der Waals surface area contributed by atoms with Crippen molar-refractivity contribution >= 4 is 34.2 Å². The summed E-state index contributed by atoms with van der Waals surface area (Å²) in [4.78, 5) is 27.5. The topological polar surface area (TPSA) is 71.1 Å². The average Bonchev–Trinajstić information content (AvgIpc) is 3.24. The molecule has 4 aromatic rings. The number of carbonyl (C=O) groups excluding carboxylic acids is 1. The van der Waals surface area contributed by atoms with Crippen molar-refractivity contribution in [1.29, 1.82) is 0 Å². The molecule has 1 saturated heterocycles. The zero-order valence-electron chi connectivity index (χ0n) is 16.7. The summed E-state index contributed by atoms with van der Waals surface area (Å²) in [5.41, 5.74) is 1.56. The van der Waals surface area contributed by atoms with Crippen LogP contribution in [0.5, 0.6) is 11.5 Å². The molecule has 2 aromatic heterocycles. The highest BCUT2D eigenvalue weighted by Crippen LogP contribution is 2.33. The number of anilines is 1. The molecule has 1 aliphatic heterocycles. The van der Waals surface area contributed by atoms with E-state index in [1.54, 1.807) is 24.4 Å². The molecule has 1 aliphatic rings. The molecule has 7 heteroatoms. The fourth-order valence-electron chi connectivity index (χ4n) is 3.84. The zero-order valence-corrected chi connectivity index (χ0v) is 17.5. The van der Waals surface area contributed by atoms with Gasteiger partial charge in [0.15, 0.2) is 5.78 Å². The summed E-state index contributed by atoms with van der Waals surface area (Å²) in [6.07, 6.45) is 7.48. The molecule has 1 N–H and O–H groups in total. The average molecular weight is 432 g/mol. The number of aromatic nitrogens is 3. The van der Waals surface area contributed by atoms with Crippen molar-refractivity contribution in [2.75, 3.05) is 18.0 Å². The molecule has 0 aliphatic carbocycles. The Labute approximate surface area is 184 Å². The number of piperidine rings is 1. The minimum absolute atomic E-state index is 0.179. The molecule has 155 valence electrons. The second-order valence-electron chi connectivity index (χ2n) is 7.36. The van der Waals surface area contributed by atoms with Gasteiger partial charge in [-0.1, -0.05) is 29.8 Å². The number of hydrogen-bond donors (Lipinski definition) is 1. The number of aromatic amines is 1. The number of nitrogens with one attached hydrogen (secondary N) is 1. The van der Waals surface area contributed by atoms with E-state index in [-0.39, 0.29) is 5.78 Å². The lowest BCUT2D eigenvalue weighted by Gasteiger charge is -2.28. The molecule has 1 fully saturated rings. The van der Waals surface area contributed by atoms with E-state index >= 15 is 0 Å². The third kappa shape index (κ3) is 3.86. The smallest absolute Gasteiger partial charge is 0.196 e. The number of para-hydroxylation sites is 1. The zero-order chi connectivity index (χ0) is 21.2. The number of hydrogen-bond acceptors (Lipinski definition) is 5. The Hall–Kier alpha value is -3.38. The van der Waals surface area contributed by atoms with Gasteiger partial charge in [0.05, 0.1) is 16.0 Å². The highest BCUT2D eigenvalue weighted by atomic mass is 35.5. The molecule has 5 rings (SSSR count). The highest BCUT2D eigenvalue weighted by molar-refractivity contribution is 6.35. The van der Waals surface area contributed by atoms with Gasteiger partial charge in [-0.05, 0) is 43.5 Å². The second-order valence-corrected chi connectivity index (χ2v) is 7.77. The lowest BCUT2D eigenvalue weighted by Crippen LogP contribution is -2.30. The summed E-state index contributed by atoms with van der Waals surface area (Å²) >= 11 is 6.49. The Balaban J connectivity index is 1.49. The van der Waals surface area contributed by atoms with Crippen molar-refractivity contribution in [3.05, 3.63) is 83.6 Å². The van der Waals surface area contributed by atoms with E-state index in [4.69, 9.17) is 16.3 Å². The first-order chi connectivity index (χ1) is 15.2. The number of halogens is 1. The van der Waals surface area contributed by atoms with Crippen molar-refractivity contribution < 1.29 is 9.53 Å². The van der Waals surface area contributed by atoms with Gasteiger partial charge in [-0.3, -0.25) is 4.79 Å². The van der Waals surface area contributed by atoms with Gasteiger partial charge in [-0.15, -0.1) is 0 Å². The summed E-state index contributed by atoms with van der Waals surface area (Å²) in [6.45, 7) is 1.74. The molecule has 3 heterocycles.